The molecule has 0 saturated carbocycles. The van der Waals surface area contributed by atoms with Gasteiger partial charge in [0.25, 0.3) is 0 Å². The number of rotatable bonds is 17. The van der Waals surface area contributed by atoms with Crippen LogP contribution in [0.15, 0.2) is 0 Å². The Morgan fingerprint density at radius 2 is 1.43 bits per heavy atom. The van der Waals surface area contributed by atoms with Gasteiger partial charge in [0.1, 0.15) is 0 Å². The third-order valence-electron chi connectivity index (χ3n) is 3.73. The van der Waals surface area contributed by atoms with Crippen molar-refractivity contribution in [1.29, 1.82) is 0 Å². The number of unbranched alkanes of at least 4 members (excludes halogenated alkanes) is 2. The maximum absolute atomic E-state index is 10.3. The maximum Gasteiger partial charge on any atom is 0.397 e. The average Bonchev–Trinajstić information content (AvgIpc) is 2.50. The van der Waals surface area contributed by atoms with Gasteiger partial charge in [0.15, 0.2) is 0 Å². The minimum Gasteiger partial charge on any atom is -0.379 e. The first kappa shape index (κ1) is 22.8. The normalized spacial score (nSPS) is 13.3. The van der Waals surface area contributed by atoms with Crippen molar-refractivity contribution in [3.05, 3.63) is 0 Å². The largest absolute Gasteiger partial charge is 0.397 e. The molecule has 140 valence electrons. The lowest BCUT2D eigenvalue weighted by Crippen LogP contribution is -2.10. The van der Waals surface area contributed by atoms with E-state index in [4.69, 9.17) is 14.0 Å². The minimum atomic E-state index is -4.33. The van der Waals surface area contributed by atoms with Crippen LogP contribution in [0.25, 0.3) is 0 Å². The van der Waals surface area contributed by atoms with Crippen molar-refractivity contribution in [2.45, 2.75) is 65.2 Å². The monoisotopic (exact) mass is 354 g/mol. The molecule has 0 aromatic heterocycles. The third-order valence-corrected chi connectivity index (χ3v) is 4.20. The SMILES string of the molecule is CCCCC(CC)CCCCOCCOCCCOS(=O)(=O)O. The molecular formula is C16H34O6S. The Kier molecular flexibility index (Phi) is 15.2. The van der Waals surface area contributed by atoms with Crippen molar-refractivity contribution in [2.24, 2.45) is 5.92 Å². The van der Waals surface area contributed by atoms with E-state index in [2.05, 4.69) is 18.0 Å². The van der Waals surface area contributed by atoms with Crippen LogP contribution in [0.2, 0.25) is 0 Å². The van der Waals surface area contributed by atoms with Crippen molar-refractivity contribution in [1.82, 2.24) is 0 Å². The van der Waals surface area contributed by atoms with Gasteiger partial charge in [-0.15, -0.1) is 0 Å². The fourth-order valence-corrected chi connectivity index (χ4v) is 2.66. The van der Waals surface area contributed by atoms with Crippen LogP contribution in [0.5, 0.6) is 0 Å². The summed E-state index contributed by atoms with van der Waals surface area (Å²) < 4.78 is 43.8. The van der Waals surface area contributed by atoms with Gasteiger partial charge < -0.3 is 9.47 Å². The molecule has 0 aromatic carbocycles. The van der Waals surface area contributed by atoms with Crippen molar-refractivity contribution in [2.75, 3.05) is 33.0 Å². The quantitative estimate of drug-likeness (QED) is 0.317. The molecule has 0 heterocycles. The molecular weight excluding hydrogens is 320 g/mol. The summed E-state index contributed by atoms with van der Waals surface area (Å²) in [5, 5.41) is 0. The highest BCUT2D eigenvalue weighted by atomic mass is 32.3. The first-order valence-corrected chi connectivity index (χ1v) is 10.1. The highest BCUT2D eigenvalue weighted by Crippen LogP contribution is 2.19. The van der Waals surface area contributed by atoms with Crippen molar-refractivity contribution < 1.29 is 26.6 Å². The van der Waals surface area contributed by atoms with E-state index in [9.17, 15) is 8.42 Å². The minimum absolute atomic E-state index is 0.0731. The van der Waals surface area contributed by atoms with Gasteiger partial charge in [-0.2, -0.15) is 8.42 Å². The highest BCUT2D eigenvalue weighted by molar-refractivity contribution is 7.80. The van der Waals surface area contributed by atoms with E-state index in [0.29, 0.717) is 26.2 Å². The fourth-order valence-electron chi connectivity index (χ4n) is 2.33. The second-order valence-corrected chi connectivity index (χ2v) is 6.83. The zero-order chi connectivity index (χ0) is 17.4. The lowest BCUT2D eigenvalue weighted by Gasteiger charge is -2.14. The van der Waals surface area contributed by atoms with Gasteiger partial charge in [-0.25, -0.2) is 4.18 Å². The van der Waals surface area contributed by atoms with E-state index < -0.39 is 10.4 Å². The predicted molar refractivity (Wildman–Crippen MR) is 90.9 cm³/mol. The topological polar surface area (TPSA) is 82.1 Å². The van der Waals surface area contributed by atoms with Gasteiger partial charge in [0.2, 0.25) is 0 Å². The molecule has 1 unspecified atom stereocenters. The van der Waals surface area contributed by atoms with Crippen molar-refractivity contribution >= 4 is 10.4 Å². The van der Waals surface area contributed by atoms with Crippen LogP contribution in [0, 0.1) is 5.92 Å². The molecule has 0 aliphatic carbocycles. The molecule has 23 heavy (non-hydrogen) atoms. The maximum atomic E-state index is 10.3. The van der Waals surface area contributed by atoms with Crippen LogP contribution in [0.3, 0.4) is 0 Å². The smallest absolute Gasteiger partial charge is 0.379 e. The number of ether oxygens (including phenoxy) is 2. The van der Waals surface area contributed by atoms with E-state index >= 15 is 0 Å². The molecule has 0 rings (SSSR count). The molecule has 0 amide bonds. The van der Waals surface area contributed by atoms with E-state index in [-0.39, 0.29) is 6.61 Å². The van der Waals surface area contributed by atoms with E-state index in [1.165, 1.54) is 38.5 Å². The summed E-state index contributed by atoms with van der Waals surface area (Å²) in [6.07, 6.45) is 9.25. The summed E-state index contributed by atoms with van der Waals surface area (Å²) in [6, 6.07) is 0. The third kappa shape index (κ3) is 18.0. The number of hydrogen-bond acceptors (Lipinski definition) is 5. The fraction of sp³-hybridized carbons (Fsp3) is 1.00. The molecule has 0 bridgehead atoms. The zero-order valence-corrected chi connectivity index (χ0v) is 15.5. The lowest BCUT2D eigenvalue weighted by atomic mass is 9.94. The van der Waals surface area contributed by atoms with Gasteiger partial charge in [0, 0.05) is 13.2 Å². The Bertz CT molecular complexity index is 344. The van der Waals surface area contributed by atoms with Gasteiger partial charge in [-0.3, -0.25) is 4.55 Å². The highest BCUT2D eigenvalue weighted by Gasteiger charge is 2.05. The summed E-state index contributed by atoms with van der Waals surface area (Å²) in [7, 11) is -4.33. The molecule has 0 aliphatic rings. The van der Waals surface area contributed by atoms with Crippen molar-refractivity contribution in [3.8, 4) is 0 Å². The van der Waals surface area contributed by atoms with Gasteiger partial charge in [-0.05, 0) is 18.8 Å². The van der Waals surface area contributed by atoms with Crippen LogP contribution in [-0.2, 0) is 24.1 Å². The Labute approximate surface area is 141 Å². The predicted octanol–water partition coefficient (Wildman–Crippen LogP) is 3.62. The van der Waals surface area contributed by atoms with E-state index in [1.54, 1.807) is 0 Å². The van der Waals surface area contributed by atoms with Crippen LogP contribution < -0.4 is 0 Å². The second kappa shape index (κ2) is 15.3. The Morgan fingerprint density at radius 3 is 2.00 bits per heavy atom. The van der Waals surface area contributed by atoms with Crippen LogP contribution in [-0.4, -0.2) is 46.0 Å². The van der Waals surface area contributed by atoms with Crippen LogP contribution in [0.4, 0.5) is 0 Å². The van der Waals surface area contributed by atoms with E-state index in [0.717, 1.165) is 18.9 Å². The van der Waals surface area contributed by atoms with Gasteiger partial charge >= 0.3 is 10.4 Å². The van der Waals surface area contributed by atoms with Gasteiger partial charge in [0.05, 0.1) is 19.8 Å². The van der Waals surface area contributed by atoms with E-state index in [1.807, 2.05) is 0 Å². The first-order valence-electron chi connectivity index (χ1n) is 8.76. The molecule has 0 fully saturated rings. The summed E-state index contributed by atoms with van der Waals surface area (Å²) in [6.45, 7) is 6.62. The summed E-state index contributed by atoms with van der Waals surface area (Å²) in [5.74, 6) is 0.864. The zero-order valence-electron chi connectivity index (χ0n) is 14.7. The Balaban J connectivity index is 3.24. The molecule has 6 nitrogen and oxygen atoms in total. The second-order valence-electron chi connectivity index (χ2n) is 5.74. The Hall–Kier alpha value is -0.210. The molecule has 0 aromatic rings. The van der Waals surface area contributed by atoms with Gasteiger partial charge in [-0.1, -0.05) is 52.4 Å². The summed E-state index contributed by atoms with van der Waals surface area (Å²) in [5.41, 5.74) is 0. The molecule has 7 heteroatoms. The lowest BCUT2D eigenvalue weighted by molar-refractivity contribution is 0.0418. The molecule has 1 N–H and O–H groups in total. The van der Waals surface area contributed by atoms with Crippen LogP contribution in [0.1, 0.15) is 65.2 Å². The molecule has 0 spiro atoms. The molecule has 0 aliphatic heterocycles. The average molecular weight is 355 g/mol. The Morgan fingerprint density at radius 1 is 0.826 bits per heavy atom. The molecule has 0 saturated heterocycles. The molecule has 0 radical (unpaired) electrons. The first-order chi connectivity index (χ1) is 11.0. The number of hydrogen-bond donors (Lipinski definition) is 1. The summed E-state index contributed by atoms with van der Waals surface area (Å²) in [4.78, 5) is 0. The molecule has 1 atom stereocenters. The van der Waals surface area contributed by atoms with Crippen molar-refractivity contribution in [3.63, 3.8) is 0 Å². The summed E-state index contributed by atoms with van der Waals surface area (Å²) >= 11 is 0. The standard InChI is InChI=1S/C16H34O6S/c1-3-5-9-16(4-2)10-6-7-11-20-14-15-21-12-8-13-22-23(17,18)19/h16H,3-15H2,1-2H3,(H,17,18,19). The van der Waals surface area contributed by atoms with Crippen LogP contribution >= 0.6 is 0 Å².